The second-order valence-electron chi connectivity index (χ2n) is 2.35. The molecule has 0 radical (unpaired) electrons. The molecule has 1 aromatic rings. The van der Waals surface area contributed by atoms with Crippen LogP contribution in [0.4, 0.5) is 0 Å². The number of likely N-dealkylation sites (N-methyl/N-ethyl adjacent to an activating group) is 1. The van der Waals surface area contributed by atoms with Crippen LogP contribution in [0.2, 0.25) is 0 Å². The zero-order valence-corrected chi connectivity index (χ0v) is 7.56. The fourth-order valence-electron chi connectivity index (χ4n) is 0.643. The summed E-state index contributed by atoms with van der Waals surface area (Å²) in [6, 6.07) is 0.414. The van der Waals surface area contributed by atoms with Gasteiger partial charge in [0.1, 0.15) is 0 Å². The van der Waals surface area contributed by atoms with Crippen molar-refractivity contribution in [1.82, 2.24) is 10.3 Å². The average Bonchev–Trinajstić information content (AvgIpc) is 2.52. The summed E-state index contributed by atoms with van der Waals surface area (Å²) in [6.45, 7) is 2.10. The molecule has 0 bridgehead atoms. The number of nitrogens with one attached hydrogen (secondary N) is 1. The minimum Gasteiger partial charge on any atom is -0.314 e. The van der Waals surface area contributed by atoms with Gasteiger partial charge in [0, 0.05) is 11.4 Å². The summed E-state index contributed by atoms with van der Waals surface area (Å²) in [7, 11) is 1.94. The number of hydrogen-bond acceptors (Lipinski definition) is 3. The van der Waals surface area contributed by atoms with Crippen LogP contribution in [-0.4, -0.2) is 18.1 Å². The molecule has 11 heavy (non-hydrogen) atoms. The van der Waals surface area contributed by atoms with Crippen LogP contribution in [0.3, 0.4) is 0 Å². The molecule has 0 fully saturated rings. The molecule has 0 saturated heterocycles. The zero-order chi connectivity index (χ0) is 8.10. The van der Waals surface area contributed by atoms with Gasteiger partial charge in [-0.15, -0.1) is 11.3 Å². The van der Waals surface area contributed by atoms with E-state index in [4.69, 9.17) is 0 Å². The fourth-order valence-corrected chi connectivity index (χ4v) is 1.17. The third-order valence-corrected chi connectivity index (χ3v) is 2.07. The van der Waals surface area contributed by atoms with E-state index in [0.717, 1.165) is 5.69 Å². The maximum Gasteiger partial charge on any atom is 0.0798 e. The third-order valence-electron chi connectivity index (χ3n) is 1.46. The van der Waals surface area contributed by atoms with Gasteiger partial charge in [-0.25, -0.2) is 4.98 Å². The van der Waals surface area contributed by atoms with Crippen LogP contribution in [0.25, 0.3) is 6.08 Å². The predicted molar refractivity (Wildman–Crippen MR) is 49.7 cm³/mol. The molecule has 0 saturated carbocycles. The summed E-state index contributed by atoms with van der Waals surface area (Å²) in [6.07, 6.45) is 4.12. The second kappa shape index (κ2) is 4.26. The molecule has 1 rings (SSSR count). The van der Waals surface area contributed by atoms with Gasteiger partial charge in [-0.05, 0) is 20.0 Å². The lowest BCUT2D eigenvalue weighted by atomic mass is 10.3. The first-order valence-corrected chi connectivity index (χ1v) is 4.51. The van der Waals surface area contributed by atoms with Crippen molar-refractivity contribution < 1.29 is 0 Å². The van der Waals surface area contributed by atoms with E-state index in [9.17, 15) is 0 Å². The maximum absolute atomic E-state index is 4.13. The molecule has 1 unspecified atom stereocenters. The highest BCUT2D eigenvalue weighted by Gasteiger charge is 1.90. The molecule has 3 heteroatoms. The van der Waals surface area contributed by atoms with E-state index in [1.54, 1.807) is 11.3 Å². The van der Waals surface area contributed by atoms with Crippen LogP contribution in [0.5, 0.6) is 0 Å². The predicted octanol–water partition coefficient (Wildman–Crippen LogP) is 1.76. The van der Waals surface area contributed by atoms with E-state index in [0.29, 0.717) is 6.04 Å². The van der Waals surface area contributed by atoms with Gasteiger partial charge in [0.15, 0.2) is 0 Å². The molecule has 0 aliphatic rings. The Labute approximate surface area is 71.0 Å². The molecule has 0 aliphatic carbocycles. The molecule has 1 atom stereocenters. The summed E-state index contributed by atoms with van der Waals surface area (Å²) in [4.78, 5) is 4.13. The van der Waals surface area contributed by atoms with E-state index >= 15 is 0 Å². The van der Waals surface area contributed by atoms with Gasteiger partial charge in [0.05, 0.1) is 11.2 Å². The Balaban J connectivity index is 2.48. The topological polar surface area (TPSA) is 24.9 Å². The first-order valence-electron chi connectivity index (χ1n) is 3.56. The van der Waals surface area contributed by atoms with E-state index in [1.165, 1.54) is 0 Å². The Bertz CT molecular complexity index is 216. The smallest absolute Gasteiger partial charge is 0.0798 e. The molecule has 1 N–H and O–H groups in total. The van der Waals surface area contributed by atoms with Gasteiger partial charge in [0.2, 0.25) is 0 Å². The van der Waals surface area contributed by atoms with Crippen LogP contribution in [0.1, 0.15) is 12.6 Å². The lowest BCUT2D eigenvalue weighted by Gasteiger charge is -2.00. The lowest BCUT2D eigenvalue weighted by molar-refractivity contribution is 0.731. The molecular weight excluding hydrogens is 156 g/mol. The zero-order valence-electron chi connectivity index (χ0n) is 6.74. The van der Waals surface area contributed by atoms with Gasteiger partial charge >= 0.3 is 0 Å². The van der Waals surface area contributed by atoms with Gasteiger partial charge < -0.3 is 5.32 Å². The van der Waals surface area contributed by atoms with Crippen LogP contribution < -0.4 is 5.32 Å². The Morgan fingerprint density at radius 1 is 1.73 bits per heavy atom. The summed E-state index contributed by atoms with van der Waals surface area (Å²) in [5, 5.41) is 5.14. The summed E-state index contributed by atoms with van der Waals surface area (Å²) < 4.78 is 0. The van der Waals surface area contributed by atoms with Crippen molar-refractivity contribution in [2.45, 2.75) is 13.0 Å². The van der Waals surface area contributed by atoms with Gasteiger partial charge in [-0.3, -0.25) is 0 Å². The van der Waals surface area contributed by atoms with Crippen LogP contribution in [0, 0.1) is 0 Å². The van der Waals surface area contributed by atoms with Crippen molar-refractivity contribution in [2.24, 2.45) is 0 Å². The van der Waals surface area contributed by atoms with E-state index in [1.807, 2.05) is 24.0 Å². The minimum atomic E-state index is 0.414. The highest BCUT2D eigenvalue weighted by Crippen LogP contribution is 2.03. The Morgan fingerprint density at radius 2 is 2.55 bits per heavy atom. The van der Waals surface area contributed by atoms with Crippen molar-refractivity contribution in [3.8, 4) is 0 Å². The monoisotopic (exact) mass is 168 g/mol. The van der Waals surface area contributed by atoms with Crippen molar-refractivity contribution in [2.75, 3.05) is 7.05 Å². The largest absolute Gasteiger partial charge is 0.314 e. The lowest BCUT2D eigenvalue weighted by Crippen LogP contribution is -2.17. The summed E-state index contributed by atoms with van der Waals surface area (Å²) in [5.41, 5.74) is 2.88. The highest BCUT2D eigenvalue weighted by molar-refractivity contribution is 7.07. The van der Waals surface area contributed by atoms with Crippen molar-refractivity contribution in [3.05, 3.63) is 22.7 Å². The van der Waals surface area contributed by atoms with E-state index < -0.39 is 0 Å². The van der Waals surface area contributed by atoms with Crippen molar-refractivity contribution in [3.63, 3.8) is 0 Å². The number of nitrogens with zero attached hydrogens (tertiary/aromatic N) is 1. The van der Waals surface area contributed by atoms with Gasteiger partial charge in [0.25, 0.3) is 0 Å². The van der Waals surface area contributed by atoms with Gasteiger partial charge in [-0.2, -0.15) is 0 Å². The molecule has 0 amide bonds. The Hall–Kier alpha value is -0.670. The molecule has 60 valence electrons. The number of hydrogen-bond donors (Lipinski definition) is 1. The minimum absolute atomic E-state index is 0.414. The molecule has 0 aliphatic heterocycles. The third kappa shape index (κ3) is 2.82. The molecule has 0 aromatic carbocycles. The fraction of sp³-hybridized carbons (Fsp3) is 0.375. The Kier molecular flexibility index (Phi) is 3.26. The Morgan fingerprint density at radius 3 is 3.09 bits per heavy atom. The van der Waals surface area contributed by atoms with Crippen LogP contribution in [0.15, 0.2) is 17.0 Å². The first-order chi connectivity index (χ1) is 5.33. The normalized spacial score (nSPS) is 14.0. The van der Waals surface area contributed by atoms with Crippen molar-refractivity contribution >= 4 is 17.4 Å². The maximum atomic E-state index is 4.13. The van der Waals surface area contributed by atoms with Gasteiger partial charge in [-0.1, -0.05) is 6.08 Å². The molecule has 1 aromatic heterocycles. The standard InChI is InChI=1S/C8H12N2S/c1-7(9-2)3-4-8-5-11-6-10-8/h3-7,9H,1-2H3/b4-3+. The number of thiazole rings is 1. The highest BCUT2D eigenvalue weighted by atomic mass is 32.1. The summed E-state index contributed by atoms with van der Waals surface area (Å²) >= 11 is 1.62. The molecule has 0 spiro atoms. The molecular formula is C8H12N2S. The van der Waals surface area contributed by atoms with E-state index in [-0.39, 0.29) is 0 Å². The SMILES string of the molecule is CNC(C)/C=C/c1cscn1. The van der Waals surface area contributed by atoms with Crippen molar-refractivity contribution in [1.29, 1.82) is 0 Å². The van der Waals surface area contributed by atoms with Crippen LogP contribution >= 0.6 is 11.3 Å². The number of aromatic nitrogens is 1. The first kappa shape index (κ1) is 8.43. The average molecular weight is 168 g/mol. The molecule has 2 nitrogen and oxygen atoms in total. The van der Waals surface area contributed by atoms with E-state index in [2.05, 4.69) is 23.3 Å². The quantitative estimate of drug-likeness (QED) is 0.744. The number of rotatable bonds is 3. The molecule has 1 heterocycles. The summed E-state index contributed by atoms with van der Waals surface area (Å²) in [5.74, 6) is 0. The second-order valence-corrected chi connectivity index (χ2v) is 3.07. The van der Waals surface area contributed by atoms with Crippen LogP contribution in [-0.2, 0) is 0 Å².